The monoisotopic (exact) mass is 217 g/mol. The molecule has 0 atom stereocenters. The number of hydrogen-bond donors (Lipinski definition) is 2. The molecular formula is C11H11N3O2. The molecule has 0 saturated carbocycles. The average molecular weight is 217 g/mol. The second-order valence-corrected chi connectivity index (χ2v) is 3.36. The van der Waals surface area contributed by atoms with Gasteiger partial charge in [0.05, 0.1) is 5.56 Å². The Kier molecular flexibility index (Phi) is 2.59. The van der Waals surface area contributed by atoms with Crippen molar-refractivity contribution in [1.29, 1.82) is 0 Å². The third-order valence-corrected chi connectivity index (χ3v) is 2.07. The Hall–Kier alpha value is -2.30. The number of nitrogens with zero attached hydrogens (tertiary/aromatic N) is 1. The Morgan fingerprint density at radius 1 is 1.44 bits per heavy atom. The lowest BCUT2D eigenvalue weighted by atomic mass is 10.1. The van der Waals surface area contributed by atoms with Crippen molar-refractivity contribution in [3.05, 3.63) is 41.7 Å². The number of nitrogen functional groups attached to an aromatic ring is 1. The van der Waals surface area contributed by atoms with Crippen LogP contribution in [0.1, 0.15) is 16.1 Å². The molecule has 0 aliphatic rings. The first kappa shape index (κ1) is 10.2. The van der Waals surface area contributed by atoms with Crippen LogP contribution in [0.3, 0.4) is 0 Å². The van der Waals surface area contributed by atoms with Gasteiger partial charge in [-0.1, -0.05) is 17.3 Å². The summed E-state index contributed by atoms with van der Waals surface area (Å²) in [7, 11) is 0. The molecule has 3 N–H and O–H groups in total. The Morgan fingerprint density at radius 2 is 2.19 bits per heavy atom. The first-order chi connectivity index (χ1) is 7.66. The van der Waals surface area contributed by atoms with Crippen LogP contribution in [0.2, 0.25) is 0 Å². The molecule has 1 amide bonds. The van der Waals surface area contributed by atoms with E-state index in [1.165, 1.54) is 0 Å². The van der Waals surface area contributed by atoms with Crippen molar-refractivity contribution in [2.75, 3.05) is 11.1 Å². The Morgan fingerprint density at radius 3 is 2.81 bits per heavy atom. The summed E-state index contributed by atoms with van der Waals surface area (Å²) < 4.78 is 4.84. The number of amides is 1. The van der Waals surface area contributed by atoms with Gasteiger partial charge >= 0.3 is 0 Å². The third-order valence-electron chi connectivity index (χ3n) is 2.07. The number of rotatable bonds is 2. The van der Waals surface area contributed by atoms with Crippen LogP contribution in [0, 0.1) is 6.92 Å². The molecule has 0 bridgehead atoms. The lowest BCUT2D eigenvalue weighted by molar-refractivity contribution is 0.102. The fourth-order valence-corrected chi connectivity index (χ4v) is 1.31. The predicted molar refractivity (Wildman–Crippen MR) is 60.0 cm³/mol. The molecule has 82 valence electrons. The van der Waals surface area contributed by atoms with Crippen LogP contribution < -0.4 is 11.1 Å². The second kappa shape index (κ2) is 4.06. The van der Waals surface area contributed by atoms with Crippen LogP contribution in [0.5, 0.6) is 0 Å². The summed E-state index contributed by atoms with van der Waals surface area (Å²) in [5.74, 6) is 0.716. The van der Waals surface area contributed by atoms with E-state index in [1.54, 1.807) is 37.3 Å². The molecule has 0 saturated heterocycles. The highest BCUT2D eigenvalue weighted by atomic mass is 16.5. The van der Waals surface area contributed by atoms with Gasteiger partial charge in [-0.05, 0) is 19.1 Å². The average Bonchev–Trinajstić information content (AvgIpc) is 2.64. The summed E-state index contributed by atoms with van der Waals surface area (Å²) in [4.78, 5) is 11.8. The Bertz CT molecular complexity index is 519. The van der Waals surface area contributed by atoms with Gasteiger partial charge in [-0.2, -0.15) is 0 Å². The minimum Gasteiger partial charge on any atom is -0.398 e. The molecule has 2 rings (SSSR count). The van der Waals surface area contributed by atoms with Crippen molar-refractivity contribution in [3.63, 3.8) is 0 Å². The van der Waals surface area contributed by atoms with E-state index in [-0.39, 0.29) is 5.91 Å². The zero-order valence-electron chi connectivity index (χ0n) is 8.73. The SMILES string of the molecule is Cc1cc(NC(=O)c2ccccc2N)no1. The molecule has 2 aromatic rings. The molecule has 1 heterocycles. The van der Waals surface area contributed by atoms with Crippen molar-refractivity contribution in [2.24, 2.45) is 0 Å². The number of nitrogens with one attached hydrogen (secondary N) is 1. The molecule has 16 heavy (non-hydrogen) atoms. The maximum Gasteiger partial charge on any atom is 0.258 e. The first-order valence-electron chi connectivity index (χ1n) is 4.76. The van der Waals surface area contributed by atoms with Crippen molar-refractivity contribution < 1.29 is 9.32 Å². The van der Waals surface area contributed by atoms with Crippen LogP contribution in [-0.4, -0.2) is 11.1 Å². The maximum absolute atomic E-state index is 11.8. The van der Waals surface area contributed by atoms with Crippen molar-refractivity contribution in [1.82, 2.24) is 5.16 Å². The number of benzene rings is 1. The van der Waals surface area contributed by atoms with Gasteiger partial charge in [0.15, 0.2) is 5.82 Å². The lowest BCUT2D eigenvalue weighted by Gasteiger charge is -2.03. The summed E-state index contributed by atoms with van der Waals surface area (Å²) in [5, 5.41) is 6.26. The molecular weight excluding hydrogens is 206 g/mol. The van der Waals surface area contributed by atoms with Gasteiger partial charge in [-0.3, -0.25) is 4.79 Å². The summed E-state index contributed by atoms with van der Waals surface area (Å²) in [6.07, 6.45) is 0. The zero-order chi connectivity index (χ0) is 11.5. The normalized spacial score (nSPS) is 10.1. The van der Waals surface area contributed by atoms with E-state index in [1.807, 2.05) is 0 Å². The number of hydrogen-bond acceptors (Lipinski definition) is 4. The van der Waals surface area contributed by atoms with Crippen LogP contribution in [-0.2, 0) is 0 Å². The van der Waals surface area contributed by atoms with E-state index >= 15 is 0 Å². The van der Waals surface area contributed by atoms with Crippen LogP contribution in [0.15, 0.2) is 34.9 Å². The quantitative estimate of drug-likeness (QED) is 0.752. The molecule has 0 fully saturated rings. The molecule has 0 aliphatic heterocycles. The van der Waals surface area contributed by atoms with Gasteiger partial charge in [0.25, 0.3) is 5.91 Å². The highest BCUT2D eigenvalue weighted by Gasteiger charge is 2.10. The van der Waals surface area contributed by atoms with E-state index in [9.17, 15) is 4.79 Å². The van der Waals surface area contributed by atoms with E-state index in [4.69, 9.17) is 10.3 Å². The number of para-hydroxylation sites is 1. The Balaban J connectivity index is 2.18. The van der Waals surface area contributed by atoms with Crippen LogP contribution >= 0.6 is 0 Å². The molecule has 0 radical (unpaired) electrons. The summed E-state index contributed by atoms with van der Waals surface area (Å²) in [5.41, 5.74) is 6.53. The van der Waals surface area contributed by atoms with Gasteiger partial charge in [0, 0.05) is 11.8 Å². The molecule has 0 spiro atoms. The molecule has 5 nitrogen and oxygen atoms in total. The number of nitrogens with two attached hydrogens (primary N) is 1. The first-order valence-corrected chi connectivity index (χ1v) is 4.76. The highest BCUT2D eigenvalue weighted by molar-refractivity contribution is 6.07. The number of aryl methyl sites for hydroxylation is 1. The number of carbonyl (C=O) groups is 1. The highest BCUT2D eigenvalue weighted by Crippen LogP contribution is 2.14. The minimum absolute atomic E-state index is 0.300. The molecule has 0 unspecified atom stereocenters. The fraction of sp³-hybridized carbons (Fsp3) is 0.0909. The van der Waals surface area contributed by atoms with Crippen molar-refractivity contribution >= 4 is 17.4 Å². The van der Waals surface area contributed by atoms with E-state index < -0.39 is 0 Å². The third kappa shape index (κ3) is 2.03. The minimum atomic E-state index is -0.300. The van der Waals surface area contributed by atoms with Crippen molar-refractivity contribution in [3.8, 4) is 0 Å². The van der Waals surface area contributed by atoms with Gasteiger partial charge in [0.2, 0.25) is 0 Å². The second-order valence-electron chi connectivity index (χ2n) is 3.36. The van der Waals surface area contributed by atoms with Gasteiger partial charge in [-0.15, -0.1) is 0 Å². The lowest BCUT2D eigenvalue weighted by Crippen LogP contribution is -2.13. The van der Waals surface area contributed by atoms with Crippen LogP contribution in [0.4, 0.5) is 11.5 Å². The zero-order valence-corrected chi connectivity index (χ0v) is 8.73. The Labute approximate surface area is 92.2 Å². The summed E-state index contributed by atoms with van der Waals surface area (Å²) in [6.45, 7) is 1.75. The number of aromatic nitrogens is 1. The topological polar surface area (TPSA) is 81.2 Å². The maximum atomic E-state index is 11.8. The smallest absolute Gasteiger partial charge is 0.258 e. The largest absolute Gasteiger partial charge is 0.398 e. The van der Waals surface area contributed by atoms with Crippen LogP contribution in [0.25, 0.3) is 0 Å². The summed E-state index contributed by atoms with van der Waals surface area (Å²) in [6, 6.07) is 8.48. The predicted octanol–water partition coefficient (Wildman–Crippen LogP) is 1.82. The molecule has 5 heteroatoms. The number of anilines is 2. The van der Waals surface area contributed by atoms with E-state index in [2.05, 4.69) is 10.5 Å². The number of carbonyl (C=O) groups excluding carboxylic acids is 1. The van der Waals surface area contributed by atoms with E-state index in [0.29, 0.717) is 22.8 Å². The van der Waals surface area contributed by atoms with Gasteiger partial charge in [-0.25, -0.2) is 0 Å². The molecule has 1 aromatic carbocycles. The van der Waals surface area contributed by atoms with Gasteiger partial charge in [0.1, 0.15) is 5.76 Å². The van der Waals surface area contributed by atoms with E-state index in [0.717, 1.165) is 0 Å². The standard InChI is InChI=1S/C11H11N3O2/c1-7-6-10(14-16-7)13-11(15)8-4-2-3-5-9(8)12/h2-6H,12H2,1H3,(H,13,14,15). The summed E-state index contributed by atoms with van der Waals surface area (Å²) >= 11 is 0. The van der Waals surface area contributed by atoms with Gasteiger partial charge < -0.3 is 15.6 Å². The molecule has 1 aromatic heterocycles. The van der Waals surface area contributed by atoms with Crippen molar-refractivity contribution in [2.45, 2.75) is 6.92 Å². The molecule has 0 aliphatic carbocycles. The fourth-order valence-electron chi connectivity index (χ4n) is 1.31.